The Morgan fingerprint density at radius 1 is 1.28 bits per heavy atom. The van der Waals surface area contributed by atoms with E-state index in [-0.39, 0.29) is 5.69 Å². The summed E-state index contributed by atoms with van der Waals surface area (Å²) in [7, 11) is 0. The van der Waals surface area contributed by atoms with Crippen molar-refractivity contribution in [3.8, 4) is 6.07 Å². The van der Waals surface area contributed by atoms with Gasteiger partial charge in [-0.2, -0.15) is 5.26 Å². The zero-order valence-corrected chi connectivity index (χ0v) is 17.1. The molecule has 0 spiro atoms. The standard InChI is InChI=1S/C21H24N4O3S/c1-15(18(26)25-21(14-22)10-6-3-7-11-21)28-19(27)17-13-29-20(24-17)23-12-16-8-4-2-5-9-16/h2,4-5,8-9,13,15H,3,6-7,10-12H2,1H3,(H,23,24)(H,25,26). The quantitative estimate of drug-likeness (QED) is 0.673. The average molecular weight is 413 g/mol. The number of hydrogen-bond donors (Lipinski definition) is 2. The van der Waals surface area contributed by atoms with E-state index in [0.717, 1.165) is 24.8 Å². The van der Waals surface area contributed by atoms with Crippen molar-refractivity contribution in [2.24, 2.45) is 0 Å². The number of hydrogen-bond acceptors (Lipinski definition) is 7. The number of carbonyl (C=O) groups is 2. The third-order valence-corrected chi connectivity index (χ3v) is 5.74. The fourth-order valence-corrected chi connectivity index (χ4v) is 3.93. The van der Waals surface area contributed by atoms with Gasteiger partial charge >= 0.3 is 5.97 Å². The van der Waals surface area contributed by atoms with E-state index in [1.807, 2.05) is 30.3 Å². The first kappa shape index (κ1) is 20.8. The fraction of sp³-hybridized carbons (Fsp3) is 0.429. The van der Waals surface area contributed by atoms with E-state index in [9.17, 15) is 14.9 Å². The number of amides is 1. The van der Waals surface area contributed by atoms with Crippen molar-refractivity contribution in [3.63, 3.8) is 0 Å². The van der Waals surface area contributed by atoms with Crippen molar-refractivity contribution in [3.05, 3.63) is 47.0 Å². The molecule has 1 saturated carbocycles. The first-order valence-corrected chi connectivity index (χ1v) is 10.6. The van der Waals surface area contributed by atoms with E-state index >= 15 is 0 Å². The molecule has 0 saturated heterocycles. The van der Waals surface area contributed by atoms with Crippen LogP contribution < -0.4 is 10.6 Å². The predicted octanol–water partition coefficient (Wildman–Crippen LogP) is 3.64. The molecule has 1 heterocycles. The molecular weight excluding hydrogens is 388 g/mol. The van der Waals surface area contributed by atoms with E-state index in [0.29, 0.717) is 24.5 Å². The van der Waals surface area contributed by atoms with Crippen molar-refractivity contribution < 1.29 is 14.3 Å². The molecule has 0 bridgehead atoms. The van der Waals surface area contributed by atoms with Crippen molar-refractivity contribution in [1.82, 2.24) is 10.3 Å². The van der Waals surface area contributed by atoms with Crippen LogP contribution in [0.15, 0.2) is 35.7 Å². The molecule has 0 aliphatic heterocycles. The molecule has 152 valence electrons. The molecule has 1 atom stereocenters. The van der Waals surface area contributed by atoms with Gasteiger partial charge in [-0.15, -0.1) is 11.3 Å². The third-order valence-electron chi connectivity index (χ3n) is 4.94. The molecule has 1 aliphatic carbocycles. The second-order valence-electron chi connectivity index (χ2n) is 7.17. The van der Waals surface area contributed by atoms with Crippen molar-refractivity contribution in [2.75, 3.05) is 5.32 Å². The molecule has 1 aromatic carbocycles. The highest BCUT2D eigenvalue weighted by Gasteiger charge is 2.35. The van der Waals surface area contributed by atoms with Gasteiger partial charge in [0.05, 0.1) is 6.07 Å². The molecule has 1 fully saturated rings. The molecule has 2 aromatic rings. The molecule has 0 radical (unpaired) electrons. The van der Waals surface area contributed by atoms with Crippen LogP contribution >= 0.6 is 11.3 Å². The largest absolute Gasteiger partial charge is 0.448 e. The Kier molecular flexibility index (Phi) is 6.83. The summed E-state index contributed by atoms with van der Waals surface area (Å²) < 4.78 is 5.26. The van der Waals surface area contributed by atoms with Crippen LogP contribution in [0.4, 0.5) is 5.13 Å². The minimum Gasteiger partial charge on any atom is -0.448 e. The number of nitrogens with one attached hydrogen (secondary N) is 2. The number of thiazole rings is 1. The Morgan fingerprint density at radius 3 is 2.69 bits per heavy atom. The number of anilines is 1. The summed E-state index contributed by atoms with van der Waals surface area (Å²) in [5.74, 6) is -1.12. The summed E-state index contributed by atoms with van der Waals surface area (Å²) in [4.78, 5) is 29.0. The van der Waals surface area contributed by atoms with Crippen molar-refractivity contribution in [1.29, 1.82) is 5.26 Å². The third kappa shape index (κ3) is 5.55. The first-order chi connectivity index (χ1) is 14.0. The molecule has 7 nitrogen and oxygen atoms in total. The lowest BCUT2D eigenvalue weighted by Gasteiger charge is -2.32. The van der Waals surface area contributed by atoms with Crippen molar-refractivity contribution in [2.45, 2.75) is 57.2 Å². The van der Waals surface area contributed by atoms with Crippen LogP contribution in [-0.2, 0) is 16.1 Å². The number of rotatable bonds is 7. The van der Waals surface area contributed by atoms with Crippen LogP contribution in [-0.4, -0.2) is 28.5 Å². The van der Waals surface area contributed by atoms with Gasteiger partial charge in [0.1, 0.15) is 5.54 Å². The van der Waals surface area contributed by atoms with Gasteiger partial charge in [0.15, 0.2) is 16.9 Å². The molecule has 1 unspecified atom stereocenters. The van der Waals surface area contributed by atoms with Gasteiger partial charge in [-0.3, -0.25) is 4.79 Å². The maximum atomic E-state index is 12.4. The van der Waals surface area contributed by atoms with Gasteiger partial charge in [-0.25, -0.2) is 9.78 Å². The SMILES string of the molecule is CC(OC(=O)c1csc(NCc2ccccc2)n1)C(=O)NC1(C#N)CCCCC1. The minimum absolute atomic E-state index is 0.151. The highest BCUT2D eigenvalue weighted by atomic mass is 32.1. The second-order valence-corrected chi connectivity index (χ2v) is 8.03. The molecule has 3 rings (SSSR count). The monoisotopic (exact) mass is 412 g/mol. The van der Waals surface area contributed by atoms with Gasteiger partial charge in [-0.1, -0.05) is 49.6 Å². The number of aromatic nitrogens is 1. The van der Waals surface area contributed by atoms with E-state index in [1.54, 1.807) is 5.38 Å². The van der Waals surface area contributed by atoms with Gasteiger partial charge in [0.2, 0.25) is 0 Å². The smallest absolute Gasteiger partial charge is 0.358 e. The van der Waals surface area contributed by atoms with Crippen LogP contribution in [0.3, 0.4) is 0 Å². The van der Waals surface area contributed by atoms with E-state index in [2.05, 4.69) is 21.7 Å². The minimum atomic E-state index is -1.00. The van der Waals surface area contributed by atoms with Crippen LogP contribution in [0.5, 0.6) is 0 Å². The van der Waals surface area contributed by atoms with Gasteiger partial charge < -0.3 is 15.4 Å². The Balaban J connectivity index is 1.52. The maximum Gasteiger partial charge on any atom is 0.358 e. The first-order valence-electron chi connectivity index (χ1n) is 9.69. The van der Waals surface area contributed by atoms with Crippen LogP contribution in [0.25, 0.3) is 0 Å². The number of esters is 1. The number of nitrogens with zero attached hydrogens (tertiary/aromatic N) is 2. The molecule has 1 aliphatic rings. The lowest BCUT2D eigenvalue weighted by molar-refractivity contribution is -0.130. The summed E-state index contributed by atoms with van der Waals surface area (Å²) >= 11 is 1.30. The summed E-state index contributed by atoms with van der Waals surface area (Å²) in [5.41, 5.74) is 0.398. The maximum absolute atomic E-state index is 12.4. The molecule has 29 heavy (non-hydrogen) atoms. The second kappa shape index (κ2) is 9.52. The number of ether oxygens (including phenoxy) is 1. The highest BCUT2D eigenvalue weighted by Crippen LogP contribution is 2.27. The predicted molar refractivity (Wildman–Crippen MR) is 110 cm³/mol. The van der Waals surface area contributed by atoms with E-state index in [1.165, 1.54) is 18.3 Å². The average Bonchev–Trinajstić information content (AvgIpc) is 3.23. The van der Waals surface area contributed by atoms with Crippen LogP contribution in [0.2, 0.25) is 0 Å². The molecule has 1 amide bonds. The summed E-state index contributed by atoms with van der Waals surface area (Å²) in [6, 6.07) is 12.1. The summed E-state index contributed by atoms with van der Waals surface area (Å²) in [5, 5.41) is 17.6. The summed E-state index contributed by atoms with van der Waals surface area (Å²) in [6.45, 7) is 2.10. The van der Waals surface area contributed by atoms with E-state index in [4.69, 9.17) is 4.74 Å². The van der Waals surface area contributed by atoms with Gasteiger partial charge in [0, 0.05) is 11.9 Å². The molecule has 2 N–H and O–H groups in total. The van der Waals surface area contributed by atoms with Gasteiger partial charge in [0.25, 0.3) is 5.91 Å². The van der Waals surface area contributed by atoms with Gasteiger partial charge in [-0.05, 0) is 25.3 Å². The Hall–Kier alpha value is -2.92. The Labute approximate surface area is 174 Å². The fourth-order valence-electron chi connectivity index (χ4n) is 3.25. The number of nitriles is 1. The normalized spacial score (nSPS) is 16.3. The Morgan fingerprint density at radius 2 is 2.00 bits per heavy atom. The zero-order valence-electron chi connectivity index (χ0n) is 16.3. The zero-order chi connectivity index (χ0) is 20.7. The lowest BCUT2D eigenvalue weighted by Crippen LogP contribution is -2.52. The molecular formula is C21H24N4O3S. The topological polar surface area (TPSA) is 104 Å². The van der Waals surface area contributed by atoms with Crippen LogP contribution in [0.1, 0.15) is 55.1 Å². The molecule has 8 heteroatoms. The van der Waals surface area contributed by atoms with Crippen LogP contribution in [0, 0.1) is 11.3 Å². The molecule has 1 aromatic heterocycles. The number of carbonyl (C=O) groups excluding carboxylic acids is 2. The Bertz CT molecular complexity index is 885. The summed E-state index contributed by atoms with van der Waals surface area (Å²) in [6.07, 6.45) is 3.11. The highest BCUT2D eigenvalue weighted by molar-refractivity contribution is 7.13. The van der Waals surface area contributed by atoms with Crippen molar-refractivity contribution >= 4 is 28.3 Å². The van der Waals surface area contributed by atoms with E-state index < -0.39 is 23.5 Å². The number of benzene rings is 1. The lowest BCUT2D eigenvalue weighted by atomic mass is 9.83.